The molecule has 3 aliphatic rings. The number of hydrogen-bond acceptors (Lipinski definition) is 5. The molecule has 7 heteroatoms. The van der Waals surface area contributed by atoms with Crippen LogP contribution < -0.4 is 5.73 Å². The van der Waals surface area contributed by atoms with E-state index in [1.54, 1.807) is 12.3 Å². The van der Waals surface area contributed by atoms with Crippen LogP contribution in [0.15, 0.2) is 12.3 Å². The van der Waals surface area contributed by atoms with Gasteiger partial charge in [-0.25, -0.2) is 4.90 Å². The summed E-state index contributed by atoms with van der Waals surface area (Å²) in [6, 6.07) is 0. The molecule has 0 aromatic carbocycles. The highest BCUT2D eigenvalue weighted by atomic mass is 16.6. The zero-order chi connectivity index (χ0) is 15.2. The van der Waals surface area contributed by atoms with Gasteiger partial charge in [0.1, 0.15) is 0 Å². The van der Waals surface area contributed by atoms with Crippen molar-refractivity contribution in [1.82, 2.24) is 9.80 Å². The number of nitrogens with two attached hydrogens (primary N) is 1. The predicted octanol–water partition coefficient (Wildman–Crippen LogP) is 0.742. The number of nitro groups is 1. The second-order valence-corrected chi connectivity index (χ2v) is 6.33. The second-order valence-electron chi connectivity index (χ2n) is 6.33. The Labute approximate surface area is 123 Å². The molecule has 0 aromatic rings. The molecule has 21 heavy (non-hydrogen) atoms. The second kappa shape index (κ2) is 5.06. The first-order valence-corrected chi connectivity index (χ1v) is 7.65. The summed E-state index contributed by atoms with van der Waals surface area (Å²) in [4.78, 5) is 27.3. The third kappa shape index (κ3) is 2.06. The van der Waals surface area contributed by atoms with Crippen LogP contribution in [0.3, 0.4) is 0 Å². The van der Waals surface area contributed by atoms with E-state index in [1.807, 2.05) is 11.8 Å². The lowest BCUT2D eigenvalue weighted by molar-refractivity contribution is -0.618. The molecule has 2 aliphatic heterocycles. The minimum absolute atomic E-state index is 0.00265. The van der Waals surface area contributed by atoms with Crippen LogP contribution in [0.1, 0.15) is 32.6 Å². The fraction of sp³-hybridized carbons (Fsp3) is 0.786. The molecule has 2 N–H and O–H groups in total. The molecule has 1 amide bonds. The molecule has 0 radical (unpaired) electrons. The third-order valence-corrected chi connectivity index (χ3v) is 5.03. The van der Waals surface area contributed by atoms with E-state index in [0.29, 0.717) is 13.1 Å². The highest BCUT2D eigenvalue weighted by molar-refractivity contribution is 5.82. The summed E-state index contributed by atoms with van der Waals surface area (Å²) in [5.74, 6) is -0.405. The van der Waals surface area contributed by atoms with E-state index < -0.39 is 11.8 Å². The van der Waals surface area contributed by atoms with E-state index in [0.717, 1.165) is 25.7 Å². The van der Waals surface area contributed by atoms with E-state index in [9.17, 15) is 14.9 Å². The van der Waals surface area contributed by atoms with Crippen LogP contribution in [-0.2, 0) is 4.79 Å². The quantitative estimate of drug-likeness (QED) is 0.612. The van der Waals surface area contributed by atoms with Gasteiger partial charge in [-0.1, -0.05) is 13.0 Å². The summed E-state index contributed by atoms with van der Waals surface area (Å²) in [6.45, 7) is 3.15. The van der Waals surface area contributed by atoms with Crippen molar-refractivity contribution in [3.8, 4) is 0 Å². The Hall–Kier alpha value is -1.47. The molecule has 2 fully saturated rings. The highest BCUT2D eigenvalue weighted by Gasteiger charge is 2.62. The maximum atomic E-state index is 12.4. The molecule has 0 bridgehead atoms. The molecule has 1 saturated heterocycles. The van der Waals surface area contributed by atoms with Gasteiger partial charge in [0.25, 0.3) is 0 Å². The molecule has 116 valence electrons. The van der Waals surface area contributed by atoms with E-state index in [-0.39, 0.29) is 22.7 Å². The first-order valence-electron chi connectivity index (χ1n) is 7.65. The van der Waals surface area contributed by atoms with E-state index in [4.69, 9.17) is 5.73 Å². The molecule has 0 aromatic heterocycles. The normalized spacial score (nSPS) is 37.0. The largest absolute Gasteiger partial charge is 0.317 e. The molecular formula is C14H22N4O3. The van der Waals surface area contributed by atoms with Gasteiger partial charge in [0, 0.05) is 30.1 Å². The molecule has 2 heterocycles. The minimum Gasteiger partial charge on any atom is -0.304 e. The molecule has 0 spiro atoms. The SMILES string of the molecule is CC1C=CN(C(=O)C2CC2)C(N)C1(N1CCCC1)[N+](=O)[O-]. The molecule has 3 unspecified atom stereocenters. The van der Waals surface area contributed by atoms with Crippen LogP contribution in [0.25, 0.3) is 0 Å². The number of likely N-dealkylation sites (tertiary alicyclic amines) is 1. The van der Waals surface area contributed by atoms with Crippen molar-refractivity contribution in [2.45, 2.75) is 44.4 Å². The van der Waals surface area contributed by atoms with Crippen molar-refractivity contribution in [1.29, 1.82) is 0 Å². The van der Waals surface area contributed by atoms with Crippen molar-refractivity contribution in [2.24, 2.45) is 17.6 Å². The molecular weight excluding hydrogens is 272 g/mol. The monoisotopic (exact) mass is 294 g/mol. The number of carbonyl (C=O) groups excluding carboxylic acids is 1. The van der Waals surface area contributed by atoms with Crippen molar-refractivity contribution in [3.05, 3.63) is 22.4 Å². The average Bonchev–Trinajstić information content (AvgIpc) is 3.15. The number of nitrogens with zero attached hydrogens (tertiary/aromatic N) is 3. The van der Waals surface area contributed by atoms with Gasteiger partial charge in [0.2, 0.25) is 5.91 Å². The maximum absolute atomic E-state index is 12.4. The molecule has 7 nitrogen and oxygen atoms in total. The summed E-state index contributed by atoms with van der Waals surface area (Å²) in [6.07, 6.45) is 6.07. The van der Waals surface area contributed by atoms with E-state index in [1.165, 1.54) is 4.90 Å². The van der Waals surface area contributed by atoms with Crippen LogP contribution in [0.5, 0.6) is 0 Å². The first-order chi connectivity index (χ1) is 9.99. The predicted molar refractivity (Wildman–Crippen MR) is 76.4 cm³/mol. The third-order valence-electron chi connectivity index (χ3n) is 5.03. The Kier molecular flexibility index (Phi) is 3.49. The van der Waals surface area contributed by atoms with Gasteiger partial charge >= 0.3 is 5.66 Å². The number of amides is 1. The lowest BCUT2D eigenvalue weighted by Crippen LogP contribution is -2.73. The minimum atomic E-state index is -1.41. The number of hydrogen-bond donors (Lipinski definition) is 1. The highest BCUT2D eigenvalue weighted by Crippen LogP contribution is 2.40. The summed E-state index contributed by atoms with van der Waals surface area (Å²) in [5, 5.41) is 11.9. The Morgan fingerprint density at radius 3 is 2.52 bits per heavy atom. The zero-order valence-corrected chi connectivity index (χ0v) is 12.3. The zero-order valence-electron chi connectivity index (χ0n) is 12.3. The maximum Gasteiger partial charge on any atom is 0.317 e. The fourth-order valence-electron chi connectivity index (χ4n) is 3.62. The lowest BCUT2D eigenvalue weighted by atomic mass is 9.86. The topological polar surface area (TPSA) is 92.7 Å². The van der Waals surface area contributed by atoms with Gasteiger partial charge in [0.15, 0.2) is 6.17 Å². The van der Waals surface area contributed by atoms with Crippen molar-refractivity contribution in [2.75, 3.05) is 13.1 Å². The summed E-state index contributed by atoms with van der Waals surface area (Å²) >= 11 is 0. The van der Waals surface area contributed by atoms with E-state index in [2.05, 4.69) is 0 Å². The van der Waals surface area contributed by atoms with Gasteiger partial charge in [-0.3, -0.25) is 19.8 Å². The summed E-state index contributed by atoms with van der Waals surface area (Å²) < 4.78 is 0. The van der Waals surface area contributed by atoms with Gasteiger partial charge in [0.05, 0.1) is 5.92 Å². The fourth-order valence-corrected chi connectivity index (χ4v) is 3.62. The summed E-state index contributed by atoms with van der Waals surface area (Å²) in [7, 11) is 0. The standard InChI is InChI=1S/C14H22N4O3/c1-10-6-9-17(12(19)11-4-5-11)13(15)14(10,18(20)21)16-7-2-3-8-16/h6,9-11,13H,2-5,7-8,15H2,1H3. The Morgan fingerprint density at radius 1 is 1.38 bits per heavy atom. The van der Waals surface area contributed by atoms with Gasteiger partial charge in [-0.15, -0.1) is 0 Å². The van der Waals surface area contributed by atoms with Crippen molar-refractivity contribution in [3.63, 3.8) is 0 Å². The van der Waals surface area contributed by atoms with Gasteiger partial charge in [-0.2, -0.15) is 0 Å². The molecule has 3 rings (SSSR count). The van der Waals surface area contributed by atoms with Crippen LogP contribution in [0.2, 0.25) is 0 Å². The van der Waals surface area contributed by atoms with Gasteiger partial charge in [-0.05, 0) is 25.7 Å². The molecule has 1 aliphatic carbocycles. The number of rotatable bonds is 3. The summed E-state index contributed by atoms with van der Waals surface area (Å²) in [5.41, 5.74) is 4.86. The van der Waals surface area contributed by atoms with Crippen LogP contribution >= 0.6 is 0 Å². The van der Waals surface area contributed by atoms with Crippen LogP contribution in [0, 0.1) is 22.0 Å². The molecule has 1 saturated carbocycles. The van der Waals surface area contributed by atoms with Crippen molar-refractivity contribution < 1.29 is 9.72 Å². The first kappa shape index (κ1) is 14.5. The average molecular weight is 294 g/mol. The Morgan fingerprint density at radius 2 is 2.00 bits per heavy atom. The van der Waals surface area contributed by atoms with E-state index >= 15 is 0 Å². The smallest absolute Gasteiger partial charge is 0.304 e. The van der Waals surface area contributed by atoms with Crippen molar-refractivity contribution >= 4 is 5.91 Å². The lowest BCUT2D eigenvalue weighted by Gasteiger charge is -2.46. The van der Waals surface area contributed by atoms with Crippen LogP contribution in [-0.4, -0.2) is 45.5 Å². The number of carbonyl (C=O) groups is 1. The molecule has 3 atom stereocenters. The Bertz CT molecular complexity index is 485. The van der Waals surface area contributed by atoms with Gasteiger partial charge < -0.3 is 5.73 Å². The van der Waals surface area contributed by atoms with Crippen LogP contribution in [0.4, 0.5) is 0 Å². The Balaban J connectivity index is 1.98.